The van der Waals surface area contributed by atoms with E-state index in [0.717, 1.165) is 10.1 Å². The van der Waals surface area contributed by atoms with Crippen molar-refractivity contribution in [1.82, 2.24) is 24.0 Å². The Kier molecular flexibility index (Phi) is 5.50. The van der Waals surface area contributed by atoms with Crippen molar-refractivity contribution in [2.45, 2.75) is 18.1 Å². The molecule has 0 aliphatic rings. The Hall–Kier alpha value is -2.81. The monoisotopic (exact) mass is 387 g/mol. The number of imidazole rings is 1. The number of rotatable bonds is 6. The van der Waals surface area contributed by atoms with Crippen LogP contribution in [0.1, 0.15) is 12.0 Å². The van der Waals surface area contributed by atoms with Crippen molar-refractivity contribution in [2.24, 2.45) is 21.1 Å². The van der Waals surface area contributed by atoms with Crippen molar-refractivity contribution >= 4 is 28.8 Å². The van der Waals surface area contributed by atoms with Crippen molar-refractivity contribution in [3.8, 4) is 0 Å². The summed E-state index contributed by atoms with van der Waals surface area (Å²) < 4.78 is 4.16. The second-order valence-electron chi connectivity index (χ2n) is 6.19. The minimum Gasteiger partial charge on any atom is -0.352 e. The molecule has 0 unspecified atom stereocenters. The molecule has 0 saturated heterocycles. The highest BCUT2D eigenvalue weighted by atomic mass is 32.2. The van der Waals surface area contributed by atoms with E-state index in [2.05, 4.69) is 10.3 Å². The van der Waals surface area contributed by atoms with Crippen molar-refractivity contribution in [3.05, 3.63) is 56.7 Å². The Morgan fingerprint density at radius 1 is 1.07 bits per heavy atom. The van der Waals surface area contributed by atoms with Crippen LogP contribution in [0.25, 0.3) is 11.2 Å². The van der Waals surface area contributed by atoms with Gasteiger partial charge < -0.3 is 9.88 Å². The zero-order chi connectivity index (χ0) is 19.6. The molecule has 2 heterocycles. The van der Waals surface area contributed by atoms with Crippen molar-refractivity contribution < 1.29 is 4.79 Å². The van der Waals surface area contributed by atoms with Gasteiger partial charge in [-0.2, -0.15) is 0 Å². The number of nitrogens with one attached hydrogen (secondary N) is 1. The minimum absolute atomic E-state index is 0.0477. The molecule has 1 aromatic carbocycles. The van der Waals surface area contributed by atoms with Gasteiger partial charge in [-0.25, -0.2) is 9.78 Å². The fourth-order valence-corrected chi connectivity index (χ4v) is 3.71. The normalized spacial score (nSPS) is 11.1. The van der Waals surface area contributed by atoms with Crippen LogP contribution < -0.4 is 16.6 Å². The molecule has 27 heavy (non-hydrogen) atoms. The lowest BCUT2D eigenvalue weighted by Crippen LogP contribution is -2.37. The lowest BCUT2D eigenvalue weighted by atomic mass is 10.2. The number of amides is 1. The Morgan fingerprint density at radius 3 is 2.48 bits per heavy atom. The third-order valence-electron chi connectivity index (χ3n) is 4.32. The highest BCUT2D eigenvalue weighted by Gasteiger charge is 2.17. The topological polar surface area (TPSA) is 90.9 Å². The van der Waals surface area contributed by atoms with Crippen LogP contribution in [-0.4, -0.2) is 30.3 Å². The first-order chi connectivity index (χ1) is 12.9. The van der Waals surface area contributed by atoms with Gasteiger partial charge in [0.1, 0.15) is 0 Å². The van der Waals surface area contributed by atoms with E-state index in [9.17, 15) is 14.4 Å². The van der Waals surface area contributed by atoms with Gasteiger partial charge in [0, 0.05) is 39.9 Å². The number of carbonyl (C=O) groups is 1. The third kappa shape index (κ3) is 3.82. The van der Waals surface area contributed by atoms with Gasteiger partial charge in [-0.3, -0.25) is 18.7 Å². The van der Waals surface area contributed by atoms with Crippen LogP contribution in [-0.2, 0) is 32.5 Å². The van der Waals surface area contributed by atoms with Crippen molar-refractivity contribution in [1.29, 1.82) is 0 Å². The minimum atomic E-state index is -0.420. The summed E-state index contributed by atoms with van der Waals surface area (Å²) in [6.07, 6.45) is 0.331. The van der Waals surface area contributed by atoms with E-state index in [0.29, 0.717) is 29.5 Å². The summed E-state index contributed by atoms with van der Waals surface area (Å²) in [6, 6.07) is 9.71. The number of fused-ring (bicyclic) bond motifs is 1. The highest BCUT2D eigenvalue weighted by Crippen LogP contribution is 2.20. The summed E-state index contributed by atoms with van der Waals surface area (Å²) in [5.74, 6) is 0.472. The summed E-state index contributed by atoms with van der Waals surface area (Å²) in [6.45, 7) is 0.495. The molecule has 3 rings (SSSR count). The Morgan fingerprint density at radius 2 is 1.78 bits per heavy atom. The molecule has 1 N–H and O–H groups in total. The average Bonchev–Trinajstić information content (AvgIpc) is 3.00. The van der Waals surface area contributed by atoms with Crippen molar-refractivity contribution in [2.75, 3.05) is 5.75 Å². The molecule has 8 nitrogen and oxygen atoms in total. The number of benzene rings is 1. The number of hydrogen-bond acceptors (Lipinski definition) is 5. The maximum atomic E-state index is 12.3. The molecule has 0 aliphatic heterocycles. The summed E-state index contributed by atoms with van der Waals surface area (Å²) in [7, 11) is 4.80. The largest absolute Gasteiger partial charge is 0.352 e. The maximum Gasteiger partial charge on any atom is 0.332 e. The molecule has 0 fully saturated rings. The molecule has 0 spiro atoms. The first-order valence-corrected chi connectivity index (χ1v) is 9.44. The van der Waals surface area contributed by atoms with Gasteiger partial charge >= 0.3 is 5.69 Å². The fourth-order valence-electron chi connectivity index (χ4n) is 2.81. The van der Waals surface area contributed by atoms with Crippen LogP contribution in [0.3, 0.4) is 0 Å². The molecule has 142 valence electrons. The SMILES string of the molecule is Cn1c(=O)c2nc(SCCC(=O)NCc3ccccc3)n(C)c2n(C)c1=O. The molecule has 2 aromatic heterocycles. The number of carbonyl (C=O) groups excluding carboxylic acids is 1. The quantitative estimate of drug-likeness (QED) is 0.631. The summed E-state index contributed by atoms with van der Waals surface area (Å²) in [5.41, 5.74) is 0.950. The predicted octanol–water partition coefficient (Wildman–Crippen LogP) is 0.769. The predicted molar refractivity (Wildman–Crippen MR) is 105 cm³/mol. The number of aryl methyl sites for hydroxylation is 2. The van der Waals surface area contributed by atoms with E-state index >= 15 is 0 Å². The van der Waals surface area contributed by atoms with E-state index in [1.54, 1.807) is 18.7 Å². The van der Waals surface area contributed by atoms with E-state index in [1.165, 1.54) is 23.4 Å². The summed E-state index contributed by atoms with van der Waals surface area (Å²) in [4.78, 5) is 40.7. The van der Waals surface area contributed by atoms with Crippen LogP contribution in [0, 0.1) is 0 Å². The van der Waals surface area contributed by atoms with Gasteiger partial charge in [-0.05, 0) is 5.56 Å². The lowest BCUT2D eigenvalue weighted by molar-refractivity contribution is -0.120. The molecular weight excluding hydrogens is 366 g/mol. The zero-order valence-corrected chi connectivity index (χ0v) is 16.2. The molecule has 9 heteroatoms. The van der Waals surface area contributed by atoms with Crippen LogP contribution >= 0.6 is 11.8 Å². The van der Waals surface area contributed by atoms with Gasteiger partial charge in [0.05, 0.1) is 0 Å². The Labute approximate surface area is 159 Å². The fraction of sp³-hybridized carbons (Fsp3) is 0.333. The number of aromatic nitrogens is 4. The van der Waals surface area contributed by atoms with Crippen LogP contribution in [0.5, 0.6) is 0 Å². The number of thioether (sulfide) groups is 1. The van der Waals surface area contributed by atoms with Crippen LogP contribution in [0.2, 0.25) is 0 Å². The summed E-state index contributed by atoms with van der Waals surface area (Å²) >= 11 is 1.38. The lowest BCUT2D eigenvalue weighted by Gasteiger charge is -2.06. The van der Waals surface area contributed by atoms with Crippen molar-refractivity contribution in [3.63, 3.8) is 0 Å². The Bertz CT molecular complexity index is 1100. The molecule has 3 aromatic rings. The van der Waals surface area contributed by atoms with Gasteiger partial charge in [-0.15, -0.1) is 0 Å². The highest BCUT2D eigenvalue weighted by molar-refractivity contribution is 7.99. The maximum absolute atomic E-state index is 12.3. The molecule has 0 radical (unpaired) electrons. The van der Waals surface area contributed by atoms with E-state index < -0.39 is 11.2 Å². The van der Waals surface area contributed by atoms with Gasteiger partial charge in [-0.1, -0.05) is 42.1 Å². The molecule has 1 amide bonds. The van der Waals surface area contributed by atoms with Gasteiger partial charge in [0.15, 0.2) is 16.3 Å². The van der Waals surface area contributed by atoms with E-state index in [1.807, 2.05) is 30.3 Å². The van der Waals surface area contributed by atoms with Crippen LogP contribution in [0.4, 0.5) is 0 Å². The zero-order valence-electron chi connectivity index (χ0n) is 15.4. The van der Waals surface area contributed by atoms with Crippen LogP contribution in [0.15, 0.2) is 45.1 Å². The first-order valence-electron chi connectivity index (χ1n) is 8.46. The molecule has 0 aliphatic carbocycles. The van der Waals surface area contributed by atoms with Gasteiger partial charge in [0.25, 0.3) is 5.56 Å². The average molecular weight is 387 g/mol. The second kappa shape index (κ2) is 7.83. The van der Waals surface area contributed by atoms with Gasteiger partial charge in [0.2, 0.25) is 5.91 Å². The molecule has 0 saturated carbocycles. The molecule has 0 atom stereocenters. The molecule has 0 bridgehead atoms. The second-order valence-corrected chi connectivity index (χ2v) is 7.25. The smallest absolute Gasteiger partial charge is 0.332 e. The summed E-state index contributed by atoms with van der Waals surface area (Å²) in [5, 5.41) is 3.48. The first kappa shape index (κ1) is 19.0. The van der Waals surface area contributed by atoms with E-state index in [4.69, 9.17) is 0 Å². The standard InChI is InChI=1S/C18H21N5O3S/c1-21-15-14(16(25)23(3)18(26)22(15)2)20-17(21)27-10-9-13(24)19-11-12-7-5-4-6-8-12/h4-8H,9-11H2,1-3H3,(H,19,24). The number of hydrogen-bond donors (Lipinski definition) is 1. The molecular formula is C18H21N5O3S. The third-order valence-corrected chi connectivity index (χ3v) is 5.35. The Balaban J connectivity index is 1.65. The number of nitrogens with zero attached hydrogens (tertiary/aromatic N) is 4. The van der Waals surface area contributed by atoms with E-state index in [-0.39, 0.29) is 11.4 Å².